The number of carbonyl (C=O) groups is 1. The Morgan fingerprint density at radius 3 is 2.52 bits per heavy atom. The van der Waals surface area contributed by atoms with Gasteiger partial charge in [-0.15, -0.1) is 12.4 Å². The standard InChI is InChI=1S/C19H25ClN2O2.ClH/c20-14-3-1-2-13(10-14)19(6-8-24-9-7-19)18(23)22-17-11-15-4-5-16(12-17)21-15;/h1-3,10,15-17,21H,4-9,11-12H2,(H,22,23);1H. The summed E-state index contributed by atoms with van der Waals surface area (Å²) in [4.78, 5) is 13.3. The summed E-state index contributed by atoms with van der Waals surface area (Å²) in [7, 11) is 0. The highest BCUT2D eigenvalue weighted by Crippen LogP contribution is 2.37. The van der Waals surface area contributed by atoms with Crippen LogP contribution in [-0.2, 0) is 14.9 Å². The second-order valence-corrected chi connectivity index (χ2v) is 7.92. The van der Waals surface area contributed by atoms with Crippen LogP contribution in [0, 0.1) is 0 Å². The summed E-state index contributed by atoms with van der Waals surface area (Å²) in [6.45, 7) is 1.24. The molecular weight excluding hydrogens is 359 g/mol. The fourth-order valence-corrected chi connectivity index (χ4v) is 4.84. The van der Waals surface area contributed by atoms with Crippen LogP contribution in [0.5, 0.6) is 0 Å². The molecule has 2 N–H and O–H groups in total. The van der Waals surface area contributed by atoms with Crippen LogP contribution >= 0.6 is 24.0 Å². The molecule has 3 aliphatic heterocycles. The molecule has 3 fully saturated rings. The molecule has 4 rings (SSSR count). The SMILES string of the molecule is Cl.O=C(NC1CC2CCC(C1)N2)C1(c2cccc(Cl)c2)CCOCC1. The molecule has 3 saturated heterocycles. The fourth-order valence-electron chi connectivity index (χ4n) is 4.65. The van der Waals surface area contributed by atoms with E-state index in [0.717, 1.165) is 31.2 Å². The lowest BCUT2D eigenvalue weighted by Gasteiger charge is -2.39. The smallest absolute Gasteiger partial charge is 0.231 e. The van der Waals surface area contributed by atoms with Crippen molar-refractivity contribution in [3.8, 4) is 0 Å². The molecule has 1 aromatic rings. The molecule has 0 radical (unpaired) electrons. The van der Waals surface area contributed by atoms with Crippen molar-refractivity contribution in [1.82, 2.24) is 10.6 Å². The molecule has 2 bridgehead atoms. The first kappa shape index (κ1) is 19.0. The van der Waals surface area contributed by atoms with Gasteiger partial charge < -0.3 is 15.4 Å². The van der Waals surface area contributed by atoms with Crippen molar-refractivity contribution in [2.24, 2.45) is 0 Å². The zero-order chi connectivity index (χ0) is 16.6. The van der Waals surface area contributed by atoms with Crippen LogP contribution in [0.3, 0.4) is 0 Å². The van der Waals surface area contributed by atoms with Gasteiger partial charge in [0.05, 0.1) is 5.41 Å². The van der Waals surface area contributed by atoms with E-state index >= 15 is 0 Å². The van der Waals surface area contributed by atoms with Crippen molar-refractivity contribution in [3.63, 3.8) is 0 Å². The van der Waals surface area contributed by atoms with Gasteiger partial charge in [-0.05, 0) is 56.2 Å². The Morgan fingerprint density at radius 1 is 1.20 bits per heavy atom. The molecule has 3 heterocycles. The summed E-state index contributed by atoms with van der Waals surface area (Å²) in [6, 6.07) is 9.21. The monoisotopic (exact) mass is 384 g/mol. The minimum absolute atomic E-state index is 0. The van der Waals surface area contributed by atoms with Gasteiger partial charge in [0.1, 0.15) is 0 Å². The van der Waals surface area contributed by atoms with Crippen molar-refractivity contribution in [1.29, 1.82) is 0 Å². The van der Waals surface area contributed by atoms with Gasteiger partial charge in [0, 0.05) is 36.4 Å². The summed E-state index contributed by atoms with van der Waals surface area (Å²) < 4.78 is 5.54. The van der Waals surface area contributed by atoms with Crippen LogP contribution in [0.4, 0.5) is 0 Å². The van der Waals surface area contributed by atoms with Gasteiger partial charge in [0.15, 0.2) is 0 Å². The maximum atomic E-state index is 13.3. The Hall–Kier alpha value is -0.810. The van der Waals surface area contributed by atoms with Gasteiger partial charge in [-0.1, -0.05) is 23.7 Å². The van der Waals surface area contributed by atoms with E-state index in [1.165, 1.54) is 12.8 Å². The molecule has 0 aliphatic carbocycles. The van der Waals surface area contributed by atoms with E-state index in [2.05, 4.69) is 10.6 Å². The van der Waals surface area contributed by atoms with Crippen molar-refractivity contribution in [2.45, 2.75) is 62.1 Å². The van der Waals surface area contributed by atoms with E-state index in [1.807, 2.05) is 24.3 Å². The topological polar surface area (TPSA) is 50.4 Å². The highest BCUT2D eigenvalue weighted by molar-refractivity contribution is 6.30. The number of benzene rings is 1. The normalized spacial score (nSPS) is 30.4. The lowest BCUT2D eigenvalue weighted by Crippen LogP contribution is -2.54. The van der Waals surface area contributed by atoms with Gasteiger partial charge in [-0.3, -0.25) is 4.79 Å². The number of hydrogen-bond acceptors (Lipinski definition) is 3. The molecule has 6 heteroatoms. The molecule has 4 nitrogen and oxygen atoms in total. The zero-order valence-corrected chi connectivity index (χ0v) is 15.9. The molecule has 138 valence electrons. The van der Waals surface area contributed by atoms with Crippen LogP contribution in [-0.4, -0.2) is 37.2 Å². The quantitative estimate of drug-likeness (QED) is 0.840. The number of carbonyl (C=O) groups excluding carboxylic acids is 1. The van der Waals surface area contributed by atoms with Crippen molar-refractivity contribution in [2.75, 3.05) is 13.2 Å². The molecule has 2 unspecified atom stereocenters. The maximum Gasteiger partial charge on any atom is 0.231 e. The molecule has 0 saturated carbocycles. The van der Waals surface area contributed by atoms with Crippen LogP contribution in [0.2, 0.25) is 5.02 Å². The van der Waals surface area contributed by atoms with Crippen LogP contribution < -0.4 is 10.6 Å². The van der Waals surface area contributed by atoms with Gasteiger partial charge >= 0.3 is 0 Å². The van der Waals surface area contributed by atoms with E-state index in [4.69, 9.17) is 16.3 Å². The average molecular weight is 385 g/mol. The number of rotatable bonds is 3. The van der Waals surface area contributed by atoms with E-state index in [-0.39, 0.29) is 24.4 Å². The number of ether oxygens (including phenoxy) is 1. The second kappa shape index (κ2) is 7.83. The molecule has 2 atom stereocenters. The largest absolute Gasteiger partial charge is 0.381 e. The van der Waals surface area contributed by atoms with Gasteiger partial charge in [-0.2, -0.15) is 0 Å². The zero-order valence-electron chi connectivity index (χ0n) is 14.3. The number of amides is 1. The minimum atomic E-state index is -0.507. The van der Waals surface area contributed by atoms with Crippen LogP contribution in [0.1, 0.15) is 44.1 Å². The summed E-state index contributed by atoms with van der Waals surface area (Å²) in [5.74, 6) is 0.152. The number of nitrogens with one attached hydrogen (secondary N) is 2. The number of fused-ring (bicyclic) bond motifs is 2. The van der Waals surface area contributed by atoms with Gasteiger partial charge in [0.25, 0.3) is 0 Å². The first-order chi connectivity index (χ1) is 11.7. The van der Waals surface area contributed by atoms with E-state index in [1.54, 1.807) is 0 Å². The lowest BCUT2D eigenvalue weighted by molar-refractivity contribution is -0.131. The minimum Gasteiger partial charge on any atom is -0.381 e. The third-order valence-electron chi connectivity index (χ3n) is 5.97. The van der Waals surface area contributed by atoms with Crippen LogP contribution in [0.25, 0.3) is 0 Å². The Kier molecular flexibility index (Phi) is 5.94. The van der Waals surface area contributed by atoms with Crippen molar-refractivity contribution < 1.29 is 9.53 Å². The Morgan fingerprint density at radius 2 is 1.88 bits per heavy atom. The highest BCUT2D eigenvalue weighted by atomic mass is 35.5. The Bertz CT molecular complexity index is 607. The third-order valence-corrected chi connectivity index (χ3v) is 6.20. The third kappa shape index (κ3) is 3.82. The predicted octanol–water partition coefficient (Wildman–Crippen LogP) is 3.21. The number of halogens is 2. The molecule has 0 aromatic heterocycles. The molecule has 0 spiro atoms. The maximum absolute atomic E-state index is 13.3. The molecule has 1 amide bonds. The summed E-state index contributed by atoms with van der Waals surface area (Å²) in [5.41, 5.74) is 0.514. The lowest BCUT2D eigenvalue weighted by atomic mass is 9.73. The summed E-state index contributed by atoms with van der Waals surface area (Å²) >= 11 is 6.20. The van der Waals surface area contributed by atoms with Crippen LogP contribution in [0.15, 0.2) is 24.3 Å². The van der Waals surface area contributed by atoms with E-state index < -0.39 is 5.41 Å². The molecule has 1 aromatic carbocycles. The molecule has 25 heavy (non-hydrogen) atoms. The summed E-state index contributed by atoms with van der Waals surface area (Å²) in [6.07, 6.45) is 6.01. The van der Waals surface area contributed by atoms with Crippen molar-refractivity contribution >= 4 is 29.9 Å². The summed E-state index contributed by atoms with van der Waals surface area (Å²) in [5, 5.41) is 7.69. The Labute approximate surface area is 160 Å². The average Bonchev–Trinajstić information content (AvgIpc) is 2.94. The molecular formula is C19H26Cl2N2O2. The van der Waals surface area contributed by atoms with E-state index in [9.17, 15) is 4.79 Å². The number of hydrogen-bond donors (Lipinski definition) is 2. The van der Waals surface area contributed by atoms with E-state index in [0.29, 0.717) is 30.3 Å². The Balaban J connectivity index is 0.00000182. The highest BCUT2D eigenvalue weighted by Gasteiger charge is 2.43. The fraction of sp³-hybridized carbons (Fsp3) is 0.632. The number of piperidine rings is 1. The van der Waals surface area contributed by atoms with Gasteiger partial charge in [-0.25, -0.2) is 0 Å². The first-order valence-corrected chi connectivity index (χ1v) is 9.44. The van der Waals surface area contributed by atoms with Crippen molar-refractivity contribution in [3.05, 3.63) is 34.9 Å². The molecule has 3 aliphatic rings. The first-order valence-electron chi connectivity index (χ1n) is 9.06. The second-order valence-electron chi connectivity index (χ2n) is 7.48. The van der Waals surface area contributed by atoms with Gasteiger partial charge in [0.2, 0.25) is 5.91 Å². The predicted molar refractivity (Wildman–Crippen MR) is 102 cm³/mol.